The molecule has 1 aromatic rings. The number of halogens is 1. The third-order valence-corrected chi connectivity index (χ3v) is 3.66. The number of guanidine groups is 1. The molecule has 1 heterocycles. The van der Waals surface area contributed by atoms with Crippen molar-refractivity contribution in [3.05, 3.63) is 29.8 Å². The van der Waals surface area contributed by atoms with Crippen molar-refractivity contribution in [2.75, 3.05) is 25.6 Å². The van der Waals surface area contributed by atoms with Crippen LogP contribution in [0.2, 0.25) is 0 Å². The Hall–Kier alpha value is -1.39. The summed E-state index contributed by atoms with van der Waals surface area (Å²) in [6.45, 7) is 3.61. The number of nitrogens with zero attached hydrogens (tertiary/aromatic N) is 1. The number of benzene rings is 1. The molecule has 1 amide bonds. The van der Waals surface area contributed by atoms with E-state index in [0.717, 1.165) is 24.1 Å². The summed E-state index contributed by atoms with van der Waals surface area (Å²) >= 11 is 0. The van der Waals surface area contributed by atoms with Gasteiger partial charge in [-0.25, -0.2) is 4.99 Å². The quantitative estimate of drug-likeness (QED) is 0.327. The molecule has 1 saturated heterocycles. The molecule has 2 unspecified atom stereocenters. The summed E-state index contributed by atoms with van der Waals surface area (Å²) in [5.74, 6) is 0.274. The molecule has 0 spiro atoms. The van der Waals surface area contributed by atoms with E-state index < -0.39 is 0 Å². The lowest BCUT2D eigenvalue weighted by Gasteiger charge is -2.13. The van der Waals surface area contributed by atoms with E-state index in [1.807, 2.05) is 31.2 Å². The summed E-state index contributed by atoms with van der Waals surface area (Å²) in [6.07, 6.45) is 1.37. The SMILES string of the molecule is COCC(C)NC(N)=NCc1cccc(NC(=O)C2CCCO2)c1.I. The first-order valence-corrected chi connectivity index (χ1v) is 8.15. The highest BCUT2D eigenvalue weighted by Gasteiger charge is 2.23. The van der Waals surface area contributed by atoms with Gasteiger partial charge in [-0.05, 0) is 37.5 Å². The van der Waals surface area contributed by atoms with E-state index in [2.05, 4.69) is 15.6 Å². The second-order valence-corrected chi connectivity index (χ2v) is 5.89. The second kappa shape index (κ2) is 11.3. The van der Waals surface area contributed by atoms with E-state index in [1.165, 1.54) is 0 Å². The van der Waals surface area contributed by atoms with Crippen molar-refractivity contribution >= 4 is 41.5 Å². The molecule has 2 rings (SSSR count). The monoisotopic (exact) mass is 462 g/mol. The fraction of sp³-hybridized carbons (Fsp3) is 0.529. The highest BCUT2D eigenvalue weighted by Crippen LogP contribution is 2.16. The lowest BCUT2D eigenvalue weighted by Crippen LogP contribution is -2.40. The van der Waals surface area contributed by atoms with Crippen molar-refractivity contribution in [1.29, 1.82) is 0 Å². The number of nitrogens with one attached hydrogen (secondary N) is 2. The maximum absolute atomic E-state index is 12.1. The van der Waals surface area contributed by atoms with Crippen LogP contribution in [0, 0.1) is 0 Å². The van der Waals surface area contributed by atoms with Crippen molar-refractivity contribution in [2.24, 2.45) is 10.7 Å². The smallest absolute Gasteiger partial charge is 0.253 e. The van der Waals surface area contributed by atoms with Crippen LogP contribution in [-0.4, -0.2) is 44.3 Å². The van der Waals surface area contributed by atoms with Crippen molar-refractivity contribution in [1.82, 2.24) is 5.32 Å². The van der Waals surface area contributed by atoms with Gasteiger partial charge in [-0.2, -0.15) is 0 Å². The molecular weight excluding hydrogens is 435 g/mol. The fourth-order valence-corrected chi connectivity index (χ4v) is 2.52. The Kier molecular flexibility index (Phi) is 9.76. The van der Waals surface area contributed by atoms with Gasteiger partial charge >= 0.3 is 0 Å². The number of ether oxygens (including phenoxy) is 2. The number of nitrogens with two attached hydrogens (primary N) is 1. The molecule has 140 valence electrons. The van der Waals surface area contributed by atoms with Crippen molar-refractivity contribution in [3.63, 3.8) is 0 Å². The minimum absolute atomic E-state index is 0. The zero-order valence-corrected chi connectivity index (χ0v) is 17.0. The van der Waals surface area contributed by atoms with Crippen LogP contribution in [-0.2, 0) is 20.8 Å². The van der Waals surface area contributed by atoms with Crippen LogP contribution in [0.15, 0.2) is 29.3 Å². The molecule has 1 aliphatic heterocycles. The minimum Gasteiger partial charge on any atom is -0.383 e. The number of hydrogen-bond donors (Lipinski definition) is 3. The third kappa shape index (κ3) is 7.57. The molecule has 0 radical (unpaired) electrons. The standard InChI is InChI=1S/C17H26N4O3.HI/c1-12(11-23-2)20-17(18)19-10-13-5-3-6-14(9-13)21-16(22)15-7-4-8-24-15;/h3,5-6,9,12,15H,4,7-8,10-11H2,1-2H3,(H,21,22)(H3,18,19,20);1H. The van der Waals surface area contributed by atoms with E-state index >= 15 is 0 Å². The second-order valence-electron chi connectivity index (χ2n) is 5.89. The molecule has 0 aromatic heterocycles. The summed E-state index contributed by atoms with van der Waals surface area (Å²) in [5, 5.41) is 5.94. The fourth-order valence-electron chi connectivity index (χ4n) is 2.52. The molecule has 1 aromatic carbocycles. The minimum atomic E-state index is -0.339. The first kappa shape index (κ1) is 21.7. The normalized spacial score (nSPS) is 18.3. The highest BCUT2D eigenvalue weighted by atomic mass is 127. The van der Waals surface area contributed by atoms with Gasteiger partial charge in [0.2, 0.25) is 0 Å². The first-order chi connectivity index (χ1) is 11.6. The van der Waals surface area contributed by atoms with Crippen LogP contribution < -0.4 is 16.4 Å². The van der Waals surface area contributed by atoms with Crippen LogP contribution in [0.3, 0.4) is 0 Å². The number of anilines is 1. The summed E-state index contributed by atoms with van der Waals surface area (Å²) in [7, 11) is 1.64. The largest absolute Gasteiger partial charge is 0.383 e. The van der Waals surface area contributed by atoms with E-state index in [9.17, 15) is 4.79 Å². The zero-order valence-electron chi connectivity index (χ0n) is 14.7. The maximum atomic E-state index is 12.1. The molecule has 0 bridgehead atoms. The van der Waals surface area contributed by atoms with Gasteiger partial charge in [0.15, 0.2) is 5.96 Å². The van der Waals surface area contributed by atoms with E-state index in [0.29, 0.717) is 25.7 Å². The Morgan fingerprint density at radius 3 is 3.00 bits per heavy atom. The molecule has 4 N–H and O–H groups in total. The van der Waals surface area contributed by atoms with Gasteiger partial charge in [0, 0.05) is 25.4 Å². The van der Waals surface area contributed by atoms with Crippen LogP contribution in [0.1, 0.15) is 25.3 Å². The third-order valence-electron chi connectivity index (χ3n) is 3.66. The van der Waals surface area contributed by atoms with Crippen LogP contribution in [0.4, 0.5) is 5.69 Å². The number of carbonyl (C=O) groups excluding carboxylic acids is 1. The zero-order chi connectivity index (χ0) is 17.4. The van der Waals surface area contributed by atoms with Crippen molar-refractivity contribution in [3.8, 4) is 0 Å². The Labute approximate surface area is 165 Å². The average Bonchev–Trinajstić information content (AvgIpc) is 3.08. The summed E-state index contributed by atoms with van der Waals surface area (Å²) < 4.78 is 10.4. The van der Waals surface area contributed by atoms with E-state index in [4.69, 9.17) is 15.2 Å². The number of hydrogen-bond acceptors (Lipinski definition) is 4. The molecule has 0 aliphatic carbocycles. The Bertz CT molecular complexity index is 577. The number of rotatable bonds is 7. The molecular formula is C17H27IN4O3. The van der Waals surface area contributed by atoms with Crippen LogP contribution >= 0.6 is 24.0 Å². The predicted octanol–water partition coefficient (Wildman–Crippen LogP) is 1.86. The molecule has 2 atom stereocenters. The summed E-state index contributed by atoms with van der Waals surface area (Å²) in [5.41, 5.74) is 7.55. The molecule has 7 nitrogen and oxygen atoms in total. The molecule has 0 saturated carbocycles. The van der Waals surface area contributed by atoms with Crippen LogP contribution in [0.25, 0.3) is 0 Å². The Morgan fingerprint density at radius 1 is 1.52 bits per heavy atom. The maximum Gasteiger partial charge on any atom is 0.253 e. The number of aliphatic imine (C=N–C) groups is 1. The Balaban J connectivity index is 0.00000312. The van der Waals surface area contributed by atoms with Gasteiger partial charge in [-0.1, -0.05) is 12.1 Å². The highest BCUT2D eigenvalue weighted by molar-refractivity contribution is 14.0. The lowest BCUT2D eigenvalue weighted by molar-refractivity contribution is -0.124. The summed E-state index contributed by atoms with van der Waals surface area (Å²) in [4.78, 5) is 16.4. The van der Waals surface area contributed by atoms with Gasteiger partial charge in [0.1, 0.15) is 6.10 Å². The lowest BCUT2D eigenvalue weighted by atomic mass is 10.2. The average molecular weight is 462 g/mol. The van der Waals surface area contributed by atoms with E-state index in [-0.39, 0.29) is 42.0 Å². The predicted molar refractivity (Wildman–Crippen MR) is 109 cm³/mol. The number of methoxy groups -OCH3 is 1. The van der Waals surface area contributed by atoms with Crippen LogP contribution in [0.5, 0.6) is 0 Å². The molecule has 25 heavy (non-hydrogen) atoms. The first-order valence-electron chi connectivity index (χ1n) is 8.15. The van der Waals surface area contributed by atoms with Crippen molar-refractivity contribution < 1.29 is 14.3 Å². The molecule has 1 fully saturated rings. The van der Waals surface area contributed by atoms with Gasteiger partial charge in [-0.3, -0.25) is 4.79 Å². The number of amides is 1. The molecule has 8 heteroatoms. The van der Waals surface area contributed by atoms with Gasteiger partial charge in [0.25, 0.3) is 5.91 Å². The van der Waals surface area contributed by atoms with Gasteiger partial charge in [-0.15, -0.1) is 24.0 Å². The summed E-state index contributed by atoms with van der Waals surface area (Å²) in [6, 6.07) is 7.66. The number of carbonyl (C=O) groups is 1. The molecule has 1 aliphatic rings. The topological polar surface area (TPSA) is 98.0 Å². The Morgan fingerprint density at radius 2 is 2.32 bits per heavy atom. The van der Waals surface area contributed by atoms with Crippen molar-refractivity contribution in [2.45, 2.75) is 38.5 Å². The van der Waals surface area contributed by atoms with Gasteiger partial charge < -0.3 is 25.8 Å². The van der Waals surface area contributed by atoms with E-state index in [1.54, 1.807) is 7.11 Å². The van der Waals surface area contributed by atoms with Gasteiger partial charge in [0.05, 0.1) is 13.2 Å².